The first-order chi connectivity index (χ1) is 17.2. The molecule has 2 heterocycles. The molecule has 0 radical (unpaired) electrons. The summed E-state index contributed by atoms with van der Waals surface area (Å²) < 4.78 is 37.4. The molecule has 1 N–H and O–H groups in total. The topological polar surface area (TPSA) is 124 Å². The molecule has 0 aliphatic heterocycles. The van der Waals surface area contributed by atoms with Crippen molar-refractivity contribution in [3.8, 4) is 22.8 Å². The molecule has 2 aromatic heterocycles. The van der Waals surface area contributed by atoms with E-state index in [1.54, 1.807) is 51.4 Å². The number of nitrogens with one attached hydrogen (secondary N) is 1. The van der Waals surface area contributed by atoms with Crippen molar-refractivity contribution in [2.75, 3.05) is 23.7 Å². The van der Waals surface area contributed by atoms with Gasteiger partial charge in [-0.25, -0.2) is 13.1 Å². The van der Waals surface area contributed by atoms with Crippen molar-refractivity contribution in [1.29, 1.82) is 0 Å². The molecule has 0 saturated carbocycles. The van der Waals surface area contributed by atoms with Crippen LogP contribution in [0.2, 0.25) is 0 Å². The number of aryl methyl sites for hydroxylation is 1. The van der Waals surface area contributed by atoms with Crippen molar-refractivity contribution >= 4 is 33.1 Å². The third kappa shape index (κ3) is 5.92. The fourth-order valence-corrected chi connectivity index (χ4v) is 4.56. The molecule has 0 aliphatic carbocycles. The number of benzene rings is 2. The first-order valence-electron chi connectivity index (χ1n) is 11.2. The van der Waals surface area contributed by atoms with E-state index in [4.69, 9.17) is 4.74 Å². The van der Waals surface area contributed by atoms with Gasteiger partial charge in [-0.15, -0.1) is 0 Å². The normalized spacial score (nSPS) is 10.9. The van der Waals surface area contributed by atoms with E-state index in [1.165, 1.54) is 15.2 Å². The number of aromatic amines is 1. The van der Waals surface area contributed by atoms with Gasteiger partial charge in [-0.05, 0) is 50.2 Å². The average Bonchev–Trinajstić information content (AvgIpc) is 3.34. The van der Waals surface area contributed by atoms with E-state index >= 15 is 0 Å². The minimum absolute atomic E-state index is 0.253. The molecule has 10 nitrogen and oxygen atoms in total. The number of rotatable bonds is 8. The Balaban J connectivity index is 0.000000658. The molecule has 0 aliphatic rings. The van der Waals surface area contributed by atoms with Gasteiger partial charge in [-0.1, -0.05) is 18.2 Å². The van der Waals surface area contributed by atoms with Crippen LogP contribution >= 0.6 is 0 Å². The zero-order valence-electron chi connectivity index (χ0n) is 20.5. The lowest BCUT2D eigenvalue weighted by atomic mass is 10.1. The van der Waals surface area contributed by atoms with Gasteiger partial charge < -0.3 is 14.5 Å². The molecule has 4 rings (SSSR count). The fraction of sp³-hybridized carbons (Fsp3) is 0.240. The number of carbonyl (C=O) groups is 1. The highest BCUT2D eigenvalue weighted by Crippen LogP contribution is 2.38. The number of nitrogens with zero attached hydrogens (tertiary/aromatic N) is 3. The maximum Gasteiger partial charge on any atom is 0.293 e. The summed E-state index contributed by atoms with van der Waals surface area (Å²) in [7, 11) is -1.90. The highest BCUT2D eigenvalue weighted by atomic mass is 32.2. The molecule has 0 unspecified atom stereocenters. The number of para-hydroxylation sites is 1. The number of sulfonamides is 1. The Kier molecular flexibility index (Phi) is 8.49. The standard InChI is InChI=1S/C22H22N4O4S.C3H6O2/c1-4-26(31(3,28)29)15-10-11-19(30-16-8-6-5-7-9-16)18(14-15)20-17-12-13-23-21(17)22(27)25(2)24-20;1-2-5-3-4/h5-14,23H,4H2,1-3H3;3H,2H2,1H3. The van der Waals surface area contributed by atoms with Gasteiger partial charge in [0, 0.05) is 30.7 Å². The Hall–Kier alpha value is -4.12. The Bertz CT molecular complexity index is 1500. The molecular weight excluding hydrogens is 484 g/mol. The first-order valence-corrected chi connectivity index (χ1v) is 13.0. The smallest absolute Gasteiger partial charge is 0.293 e. The van der Waals surface area contributed by atoms with Gasteiger partial charge in [0.1, 0.15) is 22.7 Å². The van der Waals surface area contributed by atoms with Crippen molar-refractivity contribution < 1.29 is 22.7 Å². The third-order valence-electron chi connectivity index (χ3n) is 5.16. The van der Waals surface area contributed by atoms with Gasteiger partial charge in [0.05, 0.1) is 18.6 Å². The van der Waals surface area contributed by atoms with E-state index < -0.39 is 10.0 Å². The lowest BCUT2D eigenvalue weighted by molar-refractivity contribution is -0.128. The number of anilines is 1. The Labute approximate surface area is 209 Å². The first kappa shape index (κ1) is 26.5. The van der Waals surface area contributed by atoms with E-state index in [1.807, 2.05) is 30.3 Å². The van der Waals surface area contributed by atoms with Crippen molar-refractivity contribution in [3.05, 3.63) is 71.1 Å². The number of carbonyl (C=O) groups excluding carboxylic acids is 1. The highest BCUT2D eigenvalue weighted by molar-refractivity contribution is 7.92. The molecule has 0 amide bonds. The number of hydrogen-bond acceptors (Lipinski definition) is 7. The van der Waals surface area contributed by atoms with E-state index in [-0.39, 0.29) is 12.1 Å². The molecule has 11 heteroatoms. The molecule has 0 saturated heterocycles. The summed E-state index contributed by atoms with van der Waals surface area (Å²) in [4.78, 5) is 24.6. The van der Waals surface area contributed by atoms with Gasteiger partial charge in [-0.2, -0.15) is 5.10 Å². The minimum Gasteiger partial charge on any atom is -0.468 e. The van der Waals surface area contributed by atoms with Gasteiger partial charge in [-0.3, -0.25) is 13.9 Å². The average molecular weight is 513 g/mol. The van der Waals surface area contributed by atoms with E-state index in [0.29, 0.717) is 52.4 Å². The zero-order chi connectivity index (χ0) is 26.3. The lowest BCUT2D eigenvalue weighted by Crippen LogP contribution is -2.29. The molecule has 0 spiro atoms. The van der Waals surface area contributed by atoms with Crippen LogP contribution in [-0.2, 0) is 26.6 Å². The lowest BCUT2D eigenvalue weighted by Gasteiger charge is -2.22. The van der Waals surface area contributed by atoms with Gasteiger partial charge in [0.25, 0.3) is 12.0 Å². The van der Waals surface area contributed by atoms with Crippen LogP contribution in [0.3, 0.4) is 0 Å². The molecule has 2 aromatic carbocycles. The molecule has 0 atom stereocenters. The third-order valence-corrected chi connectivity index (χ3v) is 6.43. The van der Waals surface area contributed by atoms with Crippen molar-refractivity contribution in [2.45, 2.75) is 13.8 Å². The van der Waals surface area contributed by atoms with Gasteiger partial charge in [0.15, 0.2) is 0 Å². The predicted octanol–water partition coefficient (Wildman–Crippen LogP) is 3.69. The summed E-state index contributed by atoms with van der Waals surface area (Å²) >= 11 is 0. The van der Waals surface area contributed by atoms with E-state index in [9.17, 15) is 18.0 Å². The zero-order valence-corrected chi connectivity index (χ0v) is 21.3. The molecule has 0 fully saturated rings. The van der Waals surface area contributed by atoms with Crippen molar-refractivity contribution in [1.82, 2.24) is 14.8 Å². The molecule has 4 aromatic rings. The molecule has 36 heavy (non-hydrogen) atoms. The van der Waals surface area contributed by atoms with Crippen LogP contribution in [0.25, 0.3) is 22.2 Å². The fourth-order valence-electron chi connectivity index (χ4n) is 3.59. The summed E-state index contributed by atoms with van der Waals surface area (Å²) in [6.07, 6.45) is 2.84. The second-order valence-corrected chi connectivity index (χ2v) is 9.53. The van der Waals surface area contributed by atoms with Crippen LogP contribution in [-0.4, -0.2) is 49.1 Å². The summed E-state index contributed by atoms with van der Waals surface area (Å²) in [5, 5.41) is 5.10. The van der Waals surface area contributed by atoms with Crippen LogP contribution in [0.4, 0.5) is 5.69 Å². The number of aromatic nitrogens is 3. The molecular formula is C25H28N4O6S. The van der Waals surface area contributed by atoms with Gasteiger partial charge in [0.2, 0.25) is 10.0 Å². The largest absolute Gasteiger partial charge is 0.468 e. The number of ether oxygens (including phenoxy) is 2. The monoisotopic (exact) mass is 512 g/mol. The summed E-state index contributed by atoms with van der Waals surface area (Å²) in [5.41, 5.74) is 1.73. The quantitative estimate of drug-likeness (QED) is 0.357. The maximum atomic E-state index is 12.5. The SMILES string of the molecule is CCN(c1ccc(Oc2ccccc2)c(-c2nn(C)c(=O)c3[nH]ccc23)c1)S(C)(=O)=O.CCOC=O. The maximum absolute atomic E-state index is 12.5. The van der Waals surface area contributed by atoms with E-state index in [2.05, 4.69) is 14.8 Å². The highest BCUT2D eigenvalue weighted by Gasteiger charge is 2.21. The molecule has 190 valence electrons. The second kappa shape index (κ2) is 11.5. The van der Waals surface area contributed by atoms with Crippen molar-refractivity contribution in [3.63, 3.8) is 0 Å². The summed E-state index contributed by atoms with van der Waals surface area (Å²) in [6, 6.07) is 16.2. The minimum atomic E-state index is -3.47. The van der Waals surface area contributed by atoms with Crippen molar-refractivity contribution in [2.24, 2.45) is 7.05 Å². The molecule has 0 bridgehead atoms. The second-order valence-electron chi connectivity index (χ2n) is 7.62. The van der Waals surface area contributed by atoms with Gasteiger partial charge >= 0.3 is 0 Å². The van der Waals surface area contributed by atoms with E-state index in [0.717, 1.165) is 0 Å². The predicted molar refractivity (Wildman–Crippen MR) is 139 cm³/mol. The summed E-state index contributed by atoms with van der Waals surface area (Å²) in [6.45, 7) is 4.71. The number of fused-ring (bicyclic) bond motifs is 1. The van der Waals surface area contributed by atoms with Crippen LogP contribution in [0.5, 0.6) is 11.5 Å². The van der Waals surface area contributed by atoms with Crippen LogP contribution in [0, 0.1) is 0 Å². The summed E-state index contributed by atoms with van der Waals surface area (Å²) in [5.74, 6) is 1.12. The number of hydrogen-bond donors (Lipinski definition) is 1. The van der Waals surface area contributed by atoms with Crippen LogP contribution in [0.15, 0.2) is 65.6 Å². The van der Waals surface area contributed by atoms with Crippen LogP contribution in [0.1, 0.15) is 13.8 Å². The Morgan fingerprint density at radius 1 is 1.11 bits per heavy atom. The Morgan fingerprint density at radius 3 is 2.42 bits per heavy atom. The van der Waals surface area contributed by atoms with Crippen LogP contribution < -0.4 is 14.6 Å². The Morgan fingerprint density at radius 2 is 1.83 bits per heavy atom. The number of H-pyrrole nitrogens is 1.